The highest BCUT2D eigenvalue weighted by molar-refractivity contribution is 5.48. The van der Waals surface area contributed by atoms with Crippen LogP contribution in [0.3, 0.4) is 0 Å². The molecule has 1 aromatic carbocycles. The standard InChI is InChI=1S/C16H28N2O/c1-3-4-5-6-7-11-17-12-13-18-15-9-8-10-16(14-15)19-2/h8-10,14,17-18H,3-7,11-13H2,1-2H3. The lowest BCUT2D eigenvalue weighted by molar-refractivity contribution is 0.415. The second kappa shape index (κ2) is 10.7. The summed E-state index contributed by atoms with van der Waals surface area (Å²) in [5.41, 5.74) is 1.11. The number of unbranched alkanes of at least 4 members (excludes halogenated alkanes) is 4. The monoisotopic (exact) mass is 264 g/mol. The Morgan fingerprint density at radius 2 is 1.84 bits per heavy atom. The Hall–Kier alpha value is -1.22. The van der Waals surface area contributed by atoms with Gasteiger partial charge in [-0.1, -0.05) is 38.7 Å². The molecule has 0 aliphatic heterocycles. The van der Waals surface area contributed by atoms with Crippen molar-refractivity contribution in [3.05, 3.63) is 24.3 Å². The maximum atomic E-state index is 5.19. The van der Waals surface area contributed by atoms with Gasteiger partial charge < -0.3 is 15.4 Å². The molecule has 0 aliphatic carbocycles. The van der Waals surface area contributed by atoms with Gasteiger partial charge in [0, 0.05) is 24.8 Å². The van der Waals surface area contributed by atoms with Crippen LogP contribution in [0.5, 0.6) is 5.75 Å². The number of hydrogen-bond acceptors (Lipinski definition) is 3. The van der Waals surface area contributed by atoms with Crippen LogP contribution in [0.2, 0.25) is 0 Å². The van der Waals surface area contributed by atoms with E-state index in [-0.39, 0.29) is 0 Å². The Labute approximate surface area is 117 Å². The molecule has 0 aliphatic rings. The van der Waals surface area contributed by atoms with Crippen molar-refractivity contribution >= 4 is 5.69 Å². The quantitative estimate of drug-likeness (QED) is 0.598. The molecule has 0 spiro atoms. The molecule has 0 bridgehead atoms. The summed E-state index contributed by atoms with van der Waals surface area (Å²) in [6, 6.07) is 8.04. The topological polar surface area (TPSA) is 33.3 Å². The molecule has 1 rings (SSSR count). The van der Waals surface area contributed by atoms with Gasteiger partial charge in [0.15, 0.2) is 0 Å². The molecule has 0 fully saturated rings. The summed E-state index contributed by atoms with van der Waals surface area (Å²) in [5, 5.41) is 6.86. The van der Waals surface area contributed by atoms with Crippen LogP contribution < -0.4 is 15.4 Å². The second-order valence-electron chi connectivity index (χ2n) is 4.82. The van der Waals surface area contributed by atoms with Crippen molar-refractivity contribution in [2.45, 2.75) is 39.0 Å². The Bertz CT molecular complexity index is 328. The van der Waals surface area contributed by atoms with E-state index in [1.54, 1.807) is 7.11 Å². The summed E-state index contributed by atoms with van der Waals surface area (Å²) >= 11 is 0. The molecule has 0 unspecified atom stereocenters. The maximum absolute atomic E-state index is 5.19. The lowest BCUT2D eigenvalue weighted by Gasteiger charge is -2.09. The molecule has 2 N–H and O–H groups in total. The smallest absolute Gasteiger partial charge is 0.120 e. The van der Waals surface area contributed by atoms with Crippen LogP contribution in [0.1, 0.15) is 39.0 Å². The molecular weight excluding hydrogens is 236 g/mol. The number of methoxy groups -OCH3 is 1. The molecule has 19 heavy (non-hydrogen) atoms. The first-order chi connectivity index (χ1) is 9.36. The second-order valence-corrected chi connectivity index (χ2v) is 4.82. The zero-order chi connectivity index (χ0) is 13.8. The van der Waals surface area contributed by atoms with E-state index in [4.69, 9.17) is 4.74 Å². The molecule has 0 aromatic heterocycles. The lowest BCUT2D eigenvalue weighted by Crippen LogP contribution is -2.23. The number of benzene rings is 1. The first kappa shape index (κ1) is 15.8. The van der Waals surface area contributed by atoms with E-state index in [0.29, 0.717) is 0 Å². The molecule has 3 heteroatoms. The van der Waals surface area contributed by atoms with Gasteiger partial charge in [0.2, 0.25) is 0 Å². The van der Waals surface area contributed by atoms with Crippen LogP contribution in [-0.4, -0.2) is 26.7 Å². The molecule has 0 heterocycles. The minimum atomic E-state index is 0.897. The highest BCUT2D eigenvalue weighted by Gasteiger charge is 1.94. The molecule has 108 valence electrons. The van der Waals surface area contributed by atoms with Gasteiger partial charge in [-0.05, 0) is 25.1 Å². The third-order valence-electron chi connectivity index (χ3n) is 3.16. The van der Waals surface area contributed by atoms with E-state index in [1.807, 2.05) is 18.2 Å². The third-order valence-corrected chi connectivity index (χ3v) is 3.16. The highest BCUT2D eigenvalue weighted by Crippen LogP contribution is 2.16. The van der Waals surface area contributed by atoms with Crippen molar-refractivity contribution in [2.75, 3.05) is 32.1 Å². The summed E-state index contributed by atoms with van der Waals surface area (Å²) in [6.07, 6.45) is 6.71. The fourth-order valence-electron chi connectivity index (χ4n) is 2.01. The summed E-state index contributed by atoms with van der Waals surface area (Å²) in [5.74, 6) is 0.897. The molecule has 0 saturated heterocycles. The summed E-state index contributed by atoms with van der Waals surface area (Å²) in [7, 11) is 1.69. The number of rotatable bonds is 11. The summed E-state index contributed by atoms with van der Waals surface area (Å²) in [6.45, 7) is 5.33. The molecule has 0 amide bonds. The van der Waals surface area contributed by atoms with E-state index in [9.17, 15) is 0 Å². The average Bonchev–Trinajstić information content (AvgIpc) is 2.46. The predicted octanol–water partition coefficient (Wildman–Crippen LogP) is 3.67. The van der Waals surface area contributed by atoms with Crippen LogP contribution in [0.4, 0.5) is 5.69 Å². The Morgan fingerprint density at radius 1 is 1.00 bits per heavy atom. The summed E-state index contributed by atoms with van der Waals surface area (Å²) < 4.78 is 5.19. The van der Waals surface area contributed by atoms with Gasteiger partial charge in [0.1, 0.15) is 5.75 Å². The zero-order valence-electron chi connectivity index (χ0n) is 12.4. The van der Waals surface area contributed by atoms with Crippen LogP contribution in [0.15, 0.2) is 24.3 Å². The van der Waals surface area contributed by atoms with Crippen molar-refractivity contribution in [3.8, 4) is 5.75 Å². The number of hydrogen-bond donors (Lipinski definition) is 2. The first-order valence-corrected chi connectivity index (χ1v) is 7.45. The van der Waals surface area contributed by atoms with Crippen LogP contribution >= 0.6 is 0 Å². The van der Waals surface area contributed by atoms with E-state index in [2.05, 4.69) is 23.6 Å². The van der Waals surface area contributed by atoms with Gasteiger partial charge in [0.25, 0.3) is 0 Å². The van der Waals surface area contributed by atoms with E-state index >= 15 is 0 Å². The summed E-state index contributed by atoms with van der Waals surface area (Å²) in [4.78, 5) is 0. The normalized spacial score (nSPS) is 10.4. The van der Waals surface area contributed by atoms with Gasteiger partial charge in [-0.25, -0.2) is 0 Å². The largest absolute Gasteiger partial charge is 0.497 e. The Morgan fingerprint density at radius 3 is 2.63 bits per heavy atom. The van der Waals surface area contributed by atoms with Crippen molar-refractivity contribution < 1.29 is 4.74 Å². The predicted molar refractivity (Wildman–Crippen MR) is 83.1 cm³/mol. The van der Waals surface area contributed by atoms with Crippen LogP contribution in [0, 0.1) is 0 Å². The van der Waals surface area contributed by atoms with Gasteiger partial charge in [-0.3, -0.25) is 0 Å². The van der Waals surface area contributed by atoms with Crippen molar-refractivity contribution in [2.24, 2.45) is 0 Å². The molecule has 0 atom stereocenters. The lowest BCUT2D eigenvalue weighted by atomic mass is 10.1. The molecule has 0 saturated carbocycles. The highest BCUT2D eigenvalue weighted by atomic mass is 16.5. The molecular formula is C16H28N2O. The van der Waals surface area contributed by atoms with Crippen LogP contribution in [-0.2, 0) is 0 Å². The van der Waals surface area contributed by atoms with E-state index in [1.165, 1.54) is 32.1 Å². The first-order valence-electron chi connectivity index (χ1n) is 7.45. The van der Waals surface area contributed by atoms with Crippen LogP contribution in [0.25, 0.3) is 0 Å². The number of anilines is 1. The fourth-order valence-corrected chi connectivity index (χ4v) is 2.01. The Balaban J connectivity index is 1.98. The van der Waals surface area contributed by atoms with E-state index in [0.717, 1.165) is 31.1 Å². The Kier molecular flexibility index (Phi) is 8.90. The van der Waals surface area contributed by atoms with Crippen molar-refractivity contribution in [1.82, 2.24) is 5.32 Å². The van der Waals surface area contributed by atoms with Gasteiger partial charge >= 0.3 is 0 Å². The average molecular weight is 264 g/mol. The number of nitrogens with one attached hydrogen (secondary N) is 2. The van der Waals surface area contributed by atoms with Gasteiger partial charge in [-0.15, -0.1) is 0 Å². The van der Waals surface area contributed by atoms with Gasteiger partial charge in [0.05, 0.1) is 7.11 Å². The zero-order valence-corrected chi connectivity index (χ0v) is 12.4. The minimum Gasteiger partial charge on any atom is -0.497 e. The minimum absolute atomic E-state index is 0.897. The van der Waals surface area contributed by atoms with Crippen molar-refractivity contribution in [3.63, 3.8) is 0 Å². The molecule has 3 nitrogen and oxygen atoms in total. The molecule has 0 radical (unpaired) electrons. The van der Waals surface area contributed by atoms with E-state index < -0.39 is 0 Å². The fraction of sp³-hybridized carbons (Fsp3) is 0.625. The van der Waals surface area contributed by atoms with Crippen molar-refractivity contribution in [1.29, 1.82) is 0 Å². The third kappa shape index (κ3) is 7.73. The molecule has 1 aromatic rings. The number of ether oxygens (including phenoxy) is 1. The maximum Gasteiger partial charge on any atom is 0.120 e. The van der Waals surface area contributed by atoms with Gasteiger partial charge in [-0.2, -0.15) is 0 Å². The SMILES string of the molecule is CCCCCCCNCCNc1cccc(OC)c1.